The van der Waals surface area contributed by atoms with Gasteiger partial charge in [-0.1, -0.05) is 19.8 Å². The molecule has 1 saturated carbocycles. The second-order valence-corrected chi connectivity index (χ2v) is 5.30. The molecule has 0 bridgehead atoms. The fourth-order valence-corrected chi connectivity index (χ4v) is 2.57. The molecule has 0 aromatic rings. The molecule has 4 atom stereocenters. The van der Waals surface area contributed by atoms with Crippen LogP contribution in [0.3, 0.4) is 0 Å². The standard InChI is InChI=1S/C9H16O.C5H10O2/c1-2-3-7-4-5-8-9(6-7)10-8;1-2-6-3-5-4-7-5/h7-9H,2-6H2,1H3;5H,2-4H2,1H3. The summed E-state index contributed by atoms with van der Waals surface area (Å²) in [6.45, 7) is 6.76. The van der Waals surface area contributed by atoms with Crippen LogP contribution in [0.4, 0.5) is 0 Å². The van der Waals surface area contributed by atoms with E-state index in [1.165, 1.54) is 32.1 Å². The summed E-state index contributed by atoms with van der Waals surface area (Å²) in [7, 11) is 0. The fourth-order valence-electron chi connectivity index (χ4n) is 2.57. The molecule has 0 amide bonds. The van der Waals surface area contributed by atoms with Crippen molar-refractivity contribution in [1.29, 1.82) is 0 Å². The average Bonchev–Trinajstić information content (AvgIpc) is 3.22. The van der Waals surface area contributed by atoms with Crippen LogP contribution in [-0.4, -0.2) is 38.1 Å². The Bertz CT molecular complexity index is 216. The van der Waals surface area contributed by atoms with Gasteiger partial charge in [0.1, 0.15) is 6.10 Å². The van der Waals surface area contributed by atoms with E-state index in [2.05, 4.69) is 6.92 Å². The average molecular weight is 242 g/mol. The zero-order chi connectivity index (χ0) is 12.1. The Hall–Kier alpha value is -0.120. The molecule has 17 heavy (non-hydrogen) atoms. The molecule has 3 fully saturated rings. The highest BCUT2D eigenvalue weighted by atomic mass is 16.6. The van der Waals surface area contributed by atoms with Crippen molar-refractivity contribution in [1.82, 2.24) is 0 Å². The molecule has 3 aliphatic rings. The molecule has 0 aromatic heterocycles. The van der Waals surface area contributed by atoms with Crippen LogP contribution in [0.1, 0.15) is 46.0 Å². The van der Waals surface area contributed by atoms with E-state index in [4.69, 9.17) is 14.2 Å². The highest BCUT2D eigenvalue weighted by Crippen LogP contribution is 2.40. The minimum Gasteiger partial charge on any atom is -0.379 e. The predicted octanol–water partition coefficient (Wildman–Crippen LogP) is 2.78. The first-order chi connectivity index (χ1) is 8.33. The Morgan fingerprint density at radius 3 is 2.59 bits per heavy atom. The lowest BCUT2D eigenvalue weighted by molar-refractivity contribution is 0.128. The first kappa shape index (κ1) is 13.3. The van der Waals surface area contributed by atoms with Gasteiger partial charge in [0, 0.05) is 6.61 Å². The van der Waals surface area contributed by atoms with Crippen LogP contribution in [0.15, 0.2) is 0 Å². The van der Waals surface area contributed by atoms with Crippen LogP contribution in [0.25, 0.3) is 0 Å². The van der Waals surface area contributed by atoms with Gasteiger partial charge >= 0.3 is 0 Å². The molecule has 2 aliphatic heterocycles. The minimum absolute atomic E-state index is 0.431. The molecule has 0 spiro atoms. The lowest BCUT2D eigenvalue weighted by Gasteiger charge is -2.17. The predicted molar refractivity (Wildman–Crippen MR) is 67.1 cm³/mol. The number of rotatable bonds is 5. The van der Waals surface area contributed by atoms with E-state index in [1.807, 2.05) is 6.92 Å². The van der Waals surface area contributed by atoms with Crippen molar-refractivity contribution >= 4 is 0 Å². The van der Waals surface area contributed by atoms with Gasteiger partial charge in [-0.3, -0.25) is 0 Å². The number of hydrogen-bond acceptors (Lipinski definition) is 3. The van der Waals surface area contributed by atoms with Crippen molar-refractivity contribution in [2.45, 2.75) is 64.3 Å². The zero-order valence-electron chi connectivity index (χ0n) is 11.2. The summed E-state index contributed by atoms with van der Waals surface area (Å²) in [6, 6.07) is 0. The lowest BCUT2D eigenvalue weighted by atomic mass is 9.86. The zero-order valence-corrected chi connectivity index (χ0v) is 11.2. The topological polar surface area (TPSA) is 34.3 Å². The summed E-state index contributed by atoms with van der Waals surface area (Å²) in [5.41, 5.74) is 0. The van der Waals surface area contributed by atoms with Gasteiger partial charge in [-0.05, 0) is 32.1 Å². The van der Waals surface area contributed by atoms with E-state index in [1.54, 1.807) is 0 Å². The Balaban J connectivity index is 0.000000136. The third kappa shape index (κ3) is 4.94. The van der Waals surface area contributed by atoms with Gasteiger partial charge < -0.3 is 14.2 Å². The van der Waals surface area contributed by atoms with Crippen LogP contribution >= 0.6 is 0 Å². The largest absolute Gasteiger partial charge is 0.379 e. The molecule has 2 heterocycles. The molecule has 0 radical (unpaired) electrons. The monoisotopic (exact) mass is 242 g/mol. The smallest absolute Gasteiger partial charge is 0.104 e. The maximum Gasteiger partial charge on any atom is 0.104 e. The third-order valence-corrected chi connectivity index (χ3v) is 3.72. The summed E-state index contributed by atoms with van der Waals surface area (Å²) in [5, 5.41) is 0. The van der Waals surface area contributed by atoms with Gasteiger partial charge in [-0.25, -0.2) is 0 Å². The molecule has 100 valence electrons. The SMILES string of the molecule is CCCC1CCC2OC2C1.CCOCC1CO1. The number of hydrogen-bond donors (Lipinski definition) is 0. The number of epoxide rings is 2. The fraction of sp³-hybridized carbons (Fsp3) is 1.00. The van der Waals surface area contributed by atoms with Crippen molar-refractivity contribution in [3.63, 3.8) is 0 Å². The molecule has 1 aliphatic carbocycles. The molecular weight excluding hydrogens is 216 g/mol. The molecule has 4 unspecified atom stereocenters. The Morgan fingerprint density at radius 2 is 2.00 bits per heavy atom. The van der Waals surface area contributed by atoms with E-state index < -0.39 is 0 Å². The van der Waals surface area contributed by atoms with E-state index in [0.717, 1.165) is 25.7 Å². The summed E-state index contributed by atoms with van der Waals surface area (Å²) in [4.78, 5) is 0. The summed E-state index contributed by atoms with van der Waals surface area (Å²) in [5.74, 6) is 0.994. The first-order valence-corrected chi connectivity index (χ1v) is 7.18. The summed E-state index contributed by atoms with van der Waals surface area (Å²) >= 11 is 0. The van der Waals surface area contributed by atoms with Crippen LogP contribution in [0.2, 0.25) is 0 Å². The van der Waals surface area contributed by atoms with Crippen molar-refractivity contribution < 1.29 is 14.2 Å². The van der Waals surface area contributed by atoms with Gasteiger partial charge in [-0.15, -0.1) is 0 Å². The molecule has 0 N–H and O–H groups in total. The molecular formula is C14H26O3. The van der Waals surface area contributed by atoms with Crippen molar-refractivity contribution in [2.24, 2.45) is 5.92 Å². The van der Waals surface area contributed by atoms with E-state index in [-0.39, 0.29) is 0 Å². The quantitative estimate of drug-likeness (QED) is 0.695. The third-order valence-electron chi connectivity index (χ3n) is 3.72. The Morgan fingerprint density at radius 1 is 1.18 bits per heavy atom. The van der Waals surface area contributed by atoms with E-state index in [0.29, 0.717) is 18.3 Å². The highest BCUT2D eigenvalue weighted by Gasteiger charge is 2.43. The minimum atomic E-state index is 0.431. The summed E-state index contributed by atoms with van der Waals surface area (Å²) in [6.07, 6.45) is 8.70. The molecule has 3 nitrogen and oxygen atoms in total. The second kappa shape index (κ2) is 6.72. The van der Waals surface area contributed by atoms with Crippen molar-refractivity contribution in [3.05, 3.63) is 0 Å². The molecule has 0 aromatic carbocycles. The van der Waals surface area contributed by atoms with E-state index in [9.17, 15) is 0 Å². The highest BCUT2D eigenvalue weighted by molar-refractivity contribution is 4.91. The summed E-state index contributed by atoms with van der Waals surface area (Å²) < 4.78 is 15.4. The lowest BCUT2D eigenvalue weighted by Crippen LogP contribution is -2.12. The number of ether oxygens (including phenoxy) is 3. The van der Waals surface area contributed by atoms with Crippen molar-refractivity contribution in [2.75, 3.05) is 19.8 Å². The molecule has 2 saturated heterocycles. The van der Waals surface area contributed by atoms with Gasteiger partial charge in [0.2, 0.25) is 0 Å². The second-order valence-electron chi connectivity index (χ2n) is 5.30. The maximum atomic E-state index is 5.45. The van der Waals surface area contributed by atoms with E-state index >= 15 is 0 Å². The number of fused-ring (bicyclic) bond motifs is 1. The van der Waals surface area contributed by atoms with Crippen LogP contribution < -0.4 is 0 Å². The maximum absolute atomic E-state index is 5.45. The van der Waals surface area contributed by atoms with Gasteiger partial charge in [0.05, 0.1) is 25.4 Å². The molecule has 3 heteroatoms. The Kier molecular flexibility index (Phi) is 5.26. The van der Waals surface area contributed by atoms with Gasteiger partial charge in [0.15, 0.2) is 0 Å². The van der Waals surface area contributed by atoms with Gasteiger partial charge in [-0.2, -0.15) is 0 Å². The van der Waals surface area contributed by atoms with Crippen LogP contribution in [0, 0.1) is 5.92 Å². The van der Waals surface area contributed by atoms with Crippen LogP contribution in [0.5, 0.6) is 0 Å². The Labute approximate surface area is 105 Å². The first-order valence-electron chi connectivity index (χ1n) is 7.18. The van der Waals surface area contributed by atoms with Gasteiger partial charge in [0.25, 0.3) is 0 Å². The normalized spacial score (nSPS) is 37.8. The van der Waals surface area contributed by atoms with Crippen LogP contribution in [-0.2, 0) is 14.2 Å². The van der Waals surface area contributed by atoms with Crippen molar-refractivity contribution in [3.8, 4) is 0 Å². The molecule has 3 rings (SSSR count).